The largest absolute Gasteiger partial charge is 0.394 e. The number of rotatable bonds is 6. The quantitative estimate of drug-likeness (QED) is 0.689. The van der Waals surface area contributed by atoms with E-state index in [0.29, 0.717) is 13.0 Å². The van der Waals surface area contributed by atoms with Crippen LogP contribution in [0.25, 0.3) is 0 Å². The first-order chi connectivity index (χ1) is 6.97. The summed E-state index contributed by atoms with van der Waals surface area (Å²) in [6.45, 7) is 7.04. The van der Waals surface area contributed by atoms with Crippen LogP contribution in [0.15, 0.2) is 0 Å². The van der Waals surface area contributed by atoms with Crippen LogP contribution in [0, 0.1) is 0 Å². The average Bonchev–Trinajstić information content (AvgIpc) is 2.16. The zero-order valence-electron chi connectivity index (χ0n) is 10.4. The van der Waals surface area contributed by atoms with Crippen molar-refractivity contribution in [1.29, 1.82) is 0 Å². The smallest absolute Gasteiger partial charge is 0.143 e. The summed E-state index contributed by atoms with van der Waals surface area (Å²) < 4.78 is 0. The summed E-state index contributed by atoms with van der Waals surface area (Å²) in [6.07, 6.45) is 1.24. The van der Waals surface area contributed by atoms with Crippen molar-refractivity contribution in [3.63, 3.8) is 0 Å². The highest BCUT2D eigenvalue weighted by atomic mass is 16.3. The van der Waals surface area contributed by atoms with Gasteiger partial charge in [-0.3, -0.25) is 9.69 Å². The third-order valence-corrected chi connectivity index (χ3v) is 1.78. The molecule has 0 aliphatic rings. The molecule has 1 unspecified atom stereocenters. The second-order valence-corrected chi connectivity index (χ2v) is 3.68. The van der Waals surface area contributed by atoms with Gasteiger partial charge < -0.3 is 10.2 Å². The van der Waals surface area contributed by atoms with Crippen molar-refractivity contribution < 1.29 is 15.0 Å². The monoisotopic (exact) mass is 219 g/mol. The number of aliphatic hydroxyl groups excluding tert-OH is 2. The third-order valence-electron chi connectivity index (χ3n) is 1.78. The van der Waals surface area contributed by atoms with Gasteiger partial charge in [-0.25, -0.2) is 0 Å². The fraction of sp³-hybridized carbons (Fsp3) is 0.909. The molecule has 0 rings (SSSR count). The van der Waals surface area contributed by atoms with Gasteiger partial charge in [-0.1, -0.05) is 13.8 Å². The molecule has 0 aromatic carbocycles. The maximum absolute atomic E-state index is 10.5. The molecule has 0 aromatic rings. The molecule has 4 heteroatoms. The summed E-state index contributed by atoms with van der Waals surface area (Å²) in [5, 5.41) is 16.5. The number of hydrogen-bond donors (Lipinski definition) is 2. The normalized spacial score (nSPS) is 11.9. The second kappa shape index (κ2) is 11.6. The molecule has 0 radical (unpaired) electrons. The number of likely N-dealkylation sites (N-methyl/N-ethyl adjacent to an activating group) is 1. The van der Waals surface area contributed by atoms with Crippen molar-refractivity contribution in [3.05, 3.63) is 0 Å². The molecule has 15 heavy (non-hydrogen) atoms. The Morgan fingerprint density at radius 3 is 2.13 bits per heavy atom. The Hall–Kier alpha value is -0.450. The van der Waals surface area contributed by atoms with Gasteiger partial charge in [-0.2, -0.15) is 0 Å². The SMILES string of the molecule is CCC(O)CO.CCCN(C)CC(C)=O. The number of carbonyl (C=O) groups excluding carboxylic acids is 1. The highest BCUT2D eigenvalue weighted by molar-refractivity contribution is 5.77. The molecule has 0 heterocycles. The van der Waals surface area contributed by atoms with Gasteiger partial charge in [0.05, 0.1) is 19.3 Å². The number of ketones is 1. The molecular formula is C11H25NO3. The minimum absolute atomic E-state index is 0.115. The van der Waals surface area contributed by atoms with E-state index in [1.165, 1.54) is 0 Å². The first-order valence-corrected chi connectivity index (χ1v) is 5.44. The lowest BCUT2D eigenvalue weighted by molar-refractivity contribution is -0.117. The zero-order chi connectivity index (χ0) is 12.3. The highest BCUT2D eigenvalue weighted by Crippen LogP contribution is 1.85. The highest BCUT2D eigenvalue weighted by Gasteiger charge is 1.97. The summed E-state index contributed by atoms with van der Waals surface area (Å²) in [4.78, 5) is 12.5. The van der Waals surface area contributed by atoms with E-state index in [4.69, 9.17) is 10.2 Å². The second-order valence-electron chi connectivity index (χ2n) is 3.68. The summed E-state index contributed by atoms with van der Waals surface area (Å²) in [7, 11) is 1.96. The molecular weight excluding hydrogens is 194 g/mol. The molecule has 1 atom stereocenters. The molecule has 0 spiro atoms. The van der Waals surface area contributed by atoms with Crippen molar-refractivity contribution in [1.82, 2.24) is 4.90 Å². The van der Waals surface area contributed by atoms with Gasteiger partial charge in [0.15, 0.2) is 0 Å². The van der Waals surface area contributed by atoms with E-state index >= 15 is 0 Å². The van der Waals surface area contributed by atoms with Crippen molar-refractivity contribution in [2.24, 2.45) is 0 Å². The Labute approximate surface area is 92.9 Å². The molecule has 4 nitrogen and oxygen atoms in total. The third kappa shape index (κ3) is 16.2. The first kappa shape index (κ1) is 17.0. The van der Waals surface area contributed by atoms with Crippen LogP contribution in [0.5, 0.6) is 0 Å². The molecule has 92 valence electrons. The van der Waals surface area contributed by atoms with Gasteiger partial charge in [0, 0.05) is 0 Å². The zero-order valence-corrected chi connectivity index (χ0v) is 10.4. The molecule has 0 saturated carbocycles. The number of carbonyl (C=O) groups is 1. The molecule has 0 aliphatic carbocycles. The van der Waals surface area contributed by atoms with Crippen molar-refractivity contribution in [2.45, 2.75) is 39.7 Å². The van der Waals surface area contributed by atoms with Gasteiger partial charge in [0.1, 0.15) is 5.78 Å². The Morgan fingerprint density at radius 2 is 1.93 bits per heavy atom. The van der Waals surface area contributed by atoms with Gasteiger partial charge in [-0.05, 0) is 33.4 Å². The standard InChI is InChI=1S/C7H15NO.C4H10O2/c1-4-5-8(3)6-7(2)9;1-2-4(6)3-5/h4-6H2,1-3H3;4-6H,2-3H2,1H3. The maximum Gasteiger partial charge on any atom is 0.143 e. The van der Waals surface area contributed by atoms with Crippen molar-refractivity contribution in [2.75, 3.05) is 26.7 Å². The van der Waals surface area contributed by atoms with E-state index in [2.05, 4.69) is 6.92 Å². The van der Waals surface area contributed by atoms with E-state index in [1.54, 1.807) is 6.92 Å². The van der Waals surface area contributed by atoms with Gasteiger partial charge >= 0.3 is 0 Å². The topological polar surface area (TPSA) is 60.8 Å². The number of Topliss-reactive ketones (excluding diaryl/α,β-unsaturated/α-hetero) is 1. The lowest BCUT2D eigenvalue weighted by atomic mass is 10.3. The van der Waals surface area contributed by atoms with Crippen molar-refractivity contribution >= 4 is 5.78 Å². The summed E-state index contributed by atoms with van der Waals surface area (Å²) >= 11 is 0. The van der Waals surface area contributed by atoms with Gasteiger partial charge in [-0.15, -0.1) is 0 Å². The molecule has 0 saturated heterocycles. The van der Waals surface area contributed by atoms with E-state index in [1.807, 2.05) is 18.9 Å². The van der Waals surface area contributed by atoms with E-state index in [0.717, 1.165) is 13.0 Å². The van der Waals surface area contributed by atoms with Gasteiger partial charge in [0.25, 0.3) is 0 Å². The molecule has 0 aromatic heterocycles. The lowest BCUT2D eigenvalue weighted by Gasteiger charge is -2.11. The molecule has 0 amide bonds. The van der Waals surface area contributed by atoms with Crippen LogP contribution in [0.1, 0.15) is 33.6 Å². The van der Waals surface area contributed by atoms with Crippen LogP contribution >= 0.6 is 0 Å². The minimum Gasteiger partial charge on any atom is -0.394 e. The minimum atomic E-state index is -0.509. The maximum atomic E-state index is 10.5. The molecule has 0 fully saturated rings. The van der Waals surface area contributed by atoms with Crippen LogP contribution in [0.4, 0.5) is 0 Å². The van der Waals surface area contributed by atoms with Crippen LogP contribution < -0.4 is 0 Å². The van der Waals surface area contributed by atoms with Crippen LogP contribution in [0.2, 0.25) is 0 Å². The Morgan fingerprint density at radius 1 is 1.40 bits per heavy atom. The fourth-order valence-corrected chi connectivity index (χ4v) is 0.970. The number of aliphatic hydroxyl groups is 2. The van der Waals surface area contributed by atoms with Crippen LogP contribution in [-0.2, 0) is 4.79 Å². The van der Waals surface area contributed by atoms with E-state index in [-0.39, 0.29) is 12.4 Å². The van der Waals surface area contributed by atoms with E-state index < -0.39 is 6.10 Å². The predicted molar refractivity (Wildman–Crippen MR) is 61.9 cm³/mol. The summed E-state index contributed by atoms with van der Waals surface area (Å²) in [5.41, 5.74) is 0. The Kier molecular flexibility index (Phi) is 13.1. The van der Waals surface area contributed by atoms with E-state index in [9.17, 15) is 4.79 Å². The predicted octanol–water partition coefficient (Wildman–Crippen LogP) is 0.667. The van der Waals surface area contributed by atoms with Crippen LogP contribution in [0.3, 0.4) is 0 Å². The van der Waals surface area contributed by atoms with Crippen molar-refractivity contribution in [3.8, 4) is 0 Å². The Bertz CT molecular complexity index is 147. The number of nitrogens with zero attached hydrogens (tertiary/aromatic N) is 1. The summed E-state index contributed by atoms with van der Waals surface area (Å²) in [5.74, 6) is 0.242. The lowest BCUT2D eigenvalue weighted by Crippen LogP contribution is -2.24. The number of hydrogen-bond acceptors (Lipinski definition) is 4. The van der Waals surface area contributed by atoms with Gasteiger partial charge in [0.2, 0.25) is 0 Å². The van der Waals surface area contributed by atoms with Crippen LogP contribution in [-0.4, -0.2) is 53.7 Å². The summed E-state index contributed by atoms with van der Waals surface area (Å²) in [6, 6.07) is 0. The molecule has 0 aliphatic heterocycles. The average molecular weight is 219 g/mol. The first-order valence-electron chi connectivity index (χ1n) is 5.44. The molecule has 0 bridgehead atoms. The molecule has 2 N–H and O–H groups in total. The fourth-order valence-electron chi connectivity index (χ4n) is 0.970. The Balaban J connectivity index is 0.